The molecule has 0 bridgehead atoms. The van der Waals surface area contributed by atoms with E-state index >= 15 is 0 Å². The highest BCUT2D eigenvalue weighted by molar-refractivity contribution is 5.31. The molecule has 0 radical (unpaired) electrons. The van der Waals surface area contributed by atoms with Crippen LogP contribution in [0.15, 0.2) is 36.4 Å². The lowest BCUT2D eigenvalue weighted by molar-refractivity contribution is -0.215. The molecule has 2 aromatic carbocycles. The van der Waals surface area contributed by atoms with E-state index in [0.717, 1.165) is 37.0 Å². The number of alkyl halides is 2. The van der Waals surface area contributed by atoms with Gasteiger partial charge in [-0.15, -0.1) is 0 Å². The van der Waals surface area contributed by atoms with Crippen LogP contribution in [0.25, 0.3) is 0 Å². The van der Waals surface area contributed by atoms with E-state index in [1.807, 2.05) is 0 Å². The number of halogens is 6. The van der Waals surface area contributed by atoms with Gasteiger partial charge in [0.15, 0.2) is 6.29 Å². The Hall–Kier alpha value is -2.32. The first kappa shape index (κ1) is 29.7. The van der Waals surface area contributed by atoms with Crippen molar-refractivity contribution in [1.29, 1.82) is 0 Å². The molecule has 2 nitrogen and oxygen atoms in total. The Morgan fingerprint density at radius 1 is 0.795 bits per heavy atom. The third kappa shape index (κ3) is 7.88. The summed E-state index contributed by atoms with van der Waals surface area (Å²) in [7, 11) is 0. The summed E-state index contributed by atoms with van der Waals surface area (Å²) in [5.41, 5.74) is -0.0578. The van der Waals surface area contributed by atoms with Crippen molar-refractivity contribution in [3.05, 3.63) is 81.9 Å². The van der Waals surface area contributed by atoms with Crippen molar-refractivity contribution >= 4 is 0 Å². The van der Waals surface area contributed by atoms with Crippen molar-refractivity contribution in [3.63, 3.8) is 0 Å². The van der Waals surface area contributed by atoms with E-state index in [2.05, 4.69) is 6.92 Å². The van der Waals surface area contributed by atoms with Crippen LogP contribution in [0.1, 0.15) is 74.0 Å². The lowest BCUT2D eigenvalue weighted by Gasteiger charge is -2.37. The summed E-state index contributed by atoms with van der Waals surface area (Å²) in [5, 5.41) is 0. The molecule has 1 saturated carbocycles. The zero-order valence-electron chi connectivity index (χ0n) is 22.2. The third-order valence-corrected chi connectivity index (χ3v) is 8.08. The molecule has 0 aromatic heterocycles. The Labute approximate surface area is 226 Å². The Bertz CT molecular complexity index is 1070. The van der Waals surface area contributed by atoms with E-state index in [9.17, 15) is 26.3 Å². The Morgan fingerprint density at radius 2 is 1.38 bits per heavy atom. The van der Waals surface area contributed by atoms with E-state index in [-0.39, 0.29) is 47.4 Å². The first-order valence-corrected chi connectivity index (χ1v) is 13.9. The minimum atomic E-state index is -2.71. The number of hydrogen-bond donors (Lipinski definition) is 0. The molecule has 0 spiro atoms. The second kappa shape index (κ2) is 13.8. The summed E-state index contributed by atoms with van der Waals surface area (Å²) in [6.45, 7) is 3.20. The standard InChI is InChI=1S/C31H36F6O2/c1-2-4-19-7-10-21(11-8-19)23-17-38-31(39-18-23)22-15-28(34)25(29(35)16-22)12-9-20-13-26(32)24(27(33)14-20)5-3-6-30(36)37/h3,6,13-16,19,21,23,30-31H,2,4-5,7-12,17-18H2,1H3/b6-3+. The van der Waals surface area contributed by atoms with Crippen molar-refractivity contribution in [2.45, 2.75) is 77.4 Å². The van der Waals surface area contributed by atoms with Gasteiger partial charge in [-0.3, -0.25) is 0 Å². The molecule has 0 atom stereocenters. The quantitative estimate of drug-likeness (QED) is 0.216. The molecule has 2 aromatic rings. The molecule has 0 amide bonds. The average Bonchev–Trinajstić information content (AvgIpc) is 2.90. The fraction of sp³-hybridized carbons (Fsp3) is 0.548. The van der Waals surface area contributed by atoms with Crippen molar-refractivity contribution < 1.29 is 35.8 Å². The maximum absolute atomic E-state index is 14.9. The normalized spacial score (nSPS) is 24.1. The minimum Gasteiger partial charge on any atom is -0.348 e. The van der Waals surface area contributed by atoms with E-state index in [4.69, 9.17) is 9.47 Å². The molecule has 2 aliphatic rings. The second-order valence-corrected chi connectivity index (χ2v) is 10.8. The van der Waals surface area contributed by atoms with Gasteiger partial charge >= 0.3 is 0 Å². The summed E-state index contributed by atoms with van der Waals surface area (Å²) >= 11 is 0. The summed E-state index contributed by atoms with van der Waals surface area (Å²) < 4.78 is 94.7. The second-order valence-electron chi connectivity index (χ2n) is 10.8. The van der Waals surface area contributed by atoms with Gasteiger partial charge < -0.3 is 9.47 Å². The molecule has 0 unspecified atom stereocenters. The summed E-state index contributed by atoms with van der Waals surface area (Å²) in [6, 6.07) is 4.52. The average molecular weight is 555 g/mol. The molecule has 1 aliphatic carbocycles. The van der Waals surface area contributed by atoms with E-state index in [0.29, 0.717) is 25.2 Å². The molecule has 1 aliphatic heterocycles. The lowest BCUT2D eigenvalue weighted by Crippen LogP contribution is -2.34. The van der Waals surface area contributed by atoms with E-state index < -0.39 is 36.0 Å². The molecule has 1 saturated heterocycles. The van der Waals surface area contributed by atoms with Crippen molar-refractivity contribution in [2.24, 2.45) is 17.8 Å². The molecular formula is C31H36F6O2. The van der Waals surface area contributed by atoms with Crippen LogP contribution in [-0.4, -0.2) is 19.6 Å². The van der Waals surface area contributed by atoms with Crippen LogP contribution in [0.3, 0.4) is 0 Å². The van der Waals surface area contributed by atoms with Gasteiger partial charge in [-0.05, 0) is 79.8 Å². The number of ether oxygens (including phenoxy) is 2. The molecule has 39 heavy (non-hydrogen) atoms. The lowest BCUT2D eigenvalue weighted by atomic mass is 9.75. The van der Waals surface area contributed by atoms with Gasteiger partial charge in [-0.2, -0.15) is 0 Å². The maximum Gasteiger partial charge on any atom is 0.257 e. The molecule has 1 heterocycles. The molecule has 214 valence electrons. The zero-order valence-corrected chi connectivity index (χ0v) is 22.2. The van der Waals surface area contributed by atoms with Crippen LogP contribution in [0.4, 0.5) is 26.3 Å². The maximum atomic E-state index is 14.9. The minimum absolute atomic E-state index is 0.00715. The largest absolute Gasteiger partial charge is 0.348 e. The SMILES string of the molecule is CCCC1CCC(C2COC(c3cc(F)c(CCc4cc(F)c(C/C=C/C(F)F)c(F)c4)c(F)c3)OC2)CC1. The van der Waals surface area contributed by atoms with Crippen molar-refractivity contribution in [1.82, 2.24) is 0 Å². The number of aryl methyl sites for hydroxylation is 1. The van der Waals surface area contributed by atoms with Crippen LogP contribution in [-0.2, 0) is 28.7 Å². The zero-order chi connectivity index (χ0) is 27.9. The monoisotopic (exact) mass is 554 g/mol. The Morgan fingerprint density at radius 3 is 1.95 bits per heavy atom. The van der Waals surface area contributed by atoms with Gasteiger partial charge in [0.2, 0.25) is 0 Å². The topological polar surface area (TPSA) is 18.5 Å². The fourth-order valence-corrected chi connectivity index (χ4v) is 5.89. The molecule has 8 heteroatoms. The first-order chi connectivity index (χ1) is 18.7. The van der Waals surface area contributed by atoms with E-state index in [1.54, 1.807) is 0 Å². The summed E-state index contributed by atoms with van der Waals surface area (Å²) in [6.07, 6.45) is 4.86. The van der Waals surface area contributed by atoms with Gasteiger partial charge in [-0.25, -0.2) is 26.3 Å². The number of benzene rings is 2. The molecule has 4 rings (SSSR count). The van der Waals surface area contributed by atoms with Crippen LogP contribution in [0, 0.1) is 41.0 Å². The molecular weight excluding hydrogens is 518 g/mol. The predicted molar refractivity (Wildman–Crippen MR) is 137 cm³/mol. The van der Waals surface area contributed by atoms with Gasteiger partial charge in [0.05, 0.1) is 13.2 Å². The van der Waals surface area contributed by atoms with Crippen LogP contribution < -0.4 is 0 Å². The van der Waals surface area contributed by atoms with Crippen LogP contribution in [0.2, 0.25) is 0 Å². The highest BCUT2D eigenvalue weighted by Gasteiger charge is 2.32. The van der Waals surface area contributed by atoms with Crippen molar-refractivity contribution in [3.8, 4) is 0 Å². The highest BCUT2D eigenvalue weighted by atomic mass is 19.3. The highest BCUT2D eigenvalue weighted by Crippen LogP contribution is 2.39. The number of hydrogen-bond acceptors (Lipinski definition) is 2. The first-order valence-electron chi connectivity index (χ1n) is 13.9. The van der Waals surface area contributed by atoms with Crippen LogP contribution in [0.5, 0.6) is 0 Å². The van der Waals surface area contributed by atoms with E-state index in [1.165, 1.54) is 37.8 Å². The van der Waals surface area contributed by atoms with Gasteiger partial charge in [0.1, 0.15) is 23.3 Å². The number of rotatable bonds is 10. The van der Waals surface area contributed by atoms with Crippen molar-refractivity contribution in [2.75, 3.05) is 13.2 Å². The molecule has 0 N–H and O–H groups in total. The fourth-order valence-electron chi connectivity index (χ4n) is 5.89. The Balaban J connectivity index is 1.32. The van der Waals surface area contributed by atoms with Gasteiger partial charge in [0.25, 0.3) is 6.43 Å². The third-order valence-electron chi connectivity index (χ3n) is 8.08. The summed E-state index contributed by atoms with van der Waals surface area (Å²) in [4.78, 5) is 0. The van der Waals surface area contributed by atoms with Gasteiger partial charge in [0, 0.05) is 22.6 Å². The smallest absolute Gasteiger partial charge is 0.257 e. The number of allylic oxidation sites excluding steroid dienone is 2. The summed E-state index contributed by atoms with van der Waals surface area (Å²) in [5.74, 6) is -1.68. The van der Waals surface area contributed by atoms with Crippen LogP contribution >= 0.6 is 0 Å². The Kier molecular flexibility index (Phi) is 10.5. The van der Waals surface area contributed by atoms with Gasteiger partial charge in [-0.1, -0.05) is 38.7 Å². The molecule has 2 fully saturated rings. The predicted octanol–water partition coefficient (Wildman–Crippen LogP) is 8.66.